The number of hydrogen-bond acceptors (Lipinski definition) is 4. The number of hydrogen-bond donors (Lipinski definition) is 1. The number of carbonyl (C=O) groups is 2. The predicted molar refractivity (Wildman–Crippen MR) is 170 cm³/mol. The Hall–Kier alpha value is -3.37. The van der Waals surface area contributed by atoms with Gasteiger partial charge >= 0.3 is 0 Å². The van der Waals surface area contributed by atoms with Crippen LogP contribution in [0.1, 0.15) is 11.1 Å². The smallest absolute Gasteiger partial charge is 0.264 e. The summed E-state index contributed by atoms with van der Waals surface area (Å²) in [5.74, 6) is -1.03. The first-order valence-corrected chi connectivity index (χ1v) is 15.9. The molecule has 0 aliphatic rings. The van der Waals surface area contributed by atoms with Crippen LogP contribution in [-0.4, -0.2) is 44.8 Å². The summed E-state index contributed by atoms with van der Waals surface area (Å²) in [4.78, 5) is 29.0. The second-order valence-electron chi connectivity index (χ2n) is 9.34. The van der Waals surface area contributed by atoms with Crippen LogP contribution in [0.15, 0.2) is 112 Å². The summed E-state index contributed by atoms with van der Waals surface area (Å²) in [5, 5.41) is 3.28. The molecule has 11 heteroatoms. The predicted octanol–water partition coefficient (Wildman–Crippen LogP) is 6.34. The average molecular weight is 689 g/mol. The Labute approximate surface area is 264 Å². The second-order valence-corrected chi connectivity index (χ2v) is 12.9. The van der Waals surface area contributed by atoms with Crippen LogP contribution in [0.2, 0.25) is 10.0 Å². The number of likely N-dealkylation sites (N-methyl/N-ethyl adjacent to an activating group) is 1. The molecule has 1 atom stereocenters. The Balaban J connectivity index is 1.81. The van der Waals surface area contributed by atoms with Gasteiger partial charge in [-0.05, 0) is 54.1 Å². The van der Waals surface area contributed by atoms with Crippen molar-refractivity contribution in [3.8, 4) is 0 Å². The minimum Gasteiger partial charge on any atom is -0.357 e. The standard InChI is InChI=1S/C31H28BrCl2N3O4S/c1-35-31(39)29(19-22-9-4-2-5-10-22)36(20-26-27(33)13-8-14-28(26)34)30(38)21-37(24-17-15-23(32)16-18-24)42(40,41)25-11-6-3-7-12-25/h2-18,29H,19-21H2,1H3,(H,35,39). The van der Waals surface area contributed by atoms with Gasteiger partial charge in [-0.25, -0.2) is 8.42 Å². The summed E-state index contributed by atoms with van der Waals surface area (Å²) in [6.07, 6.45) is 0.179. The molecule has 1 N–H and O–H groups in total. The van der Waals surface area contributed by atoms with Gasteiger partial charge in [0.25, 0.3) is 10.0 Å². The molecule has 0 saturated carbocycles. The van der Waals surface area contributed by atoms with Gasteiger partial charge in [0.15, 0.2) is 0 Å². The molecule has 0 aromatic heterocycles. The fraction of sp³-hybridized carbons (Fsp3) is 0.161. The van der Waals surface area contributed by atoms with Gasteiger partial charge in [0, 0.05) is 40.1 Å². The minimum atomic E-state index is -4.18. The number of nitrogens with zero attached hydrogens (tertiary/aromatic N) is 2. The Morgan fingerprint density at radius 2 is 1.40 bits per heavy atom. The molecule has 218 valence electrons. The Morgan fingerprint density at radius 3 is 1.98 bits per heavy atom. The van der Waals surface area contributed by atoms with E-state index in [1.165, 1.54) is 24.1 Å². The molecule has 4 aromatic rings. The van der Waals surface area contributed by atoms with E-state index in [1.807, 2.05) is 30.3 Å². The van der Waals surface area contributed by atoms with E-state index in [2.05, 4.69) is 21.2 Å². The summed E-state index contributed by atoms with van der Waals surface area (Å²) < 4.78 is 29.6. The van der Waals surface area contributed by atoms with E-state index in [4.69, 9.17) is 23.2 Å². The lowest BCUT2D eigenvalue weighted by Crippen LogP contribution is -2.53. The zero-order valence-corrected chi connectivity index (χ0v) is 26.5. The topological polar surface area (TPSA) is 86.8 Å². The highest BCUT2D eigenvalue weighted by Gasteiger charge is 2.34. The van der Waals surface area contributed by atoms with Gasteiger partial charge < -0.3 is 10.2 Å². The number of halogens is 3. The lowest BCUT2D eigenvalue weighted by Gasteiger charge is -2.34. The average Bonchev–Trinajstić information content (AvgIpc) is 3.00. The molecule has 0 heterocycles. The molecular weight excluding hydrogens is 661 g/mol. The van der Waals surface area contributed by atoms with E-state index in [-0.39, 0.29) is 23.5 Å². The molecular formula is C31H28BrCl2N3O4S. The van der Waals surface area contributed by atoms with Crippen molar-refractivity contribution in [2.75, 3.05) is 17.9 Å². The zero-order valence-electron chi connectivity index (χ0n) is 22.6. The molecule has 7 nitrogen and oxygen atoms in total. The SMILES string of the molecule is CNC(=O)C(Cc1ccccc1)N(Cc1c(Cl)cccc1Cl)C(=O)CN(c1ccc(Br)cc1)S(=O)(=O)c1ccccc1. The van der Waals surface area contributed by atoms with E-state index in [9.17, 15) is 18.0 Å². The Bertz CT molecular complexity index is 1620. The maximum absolute atomic E-state index is 14.3. The van der Waals surface area contributed by atoms with Crippen molar-refractivity contribution in [3.63, 3.8) is 0 Å². The third kappa shape index (κ3) is 7.52. The summed E-state index contributed by atoms with van der Waals surface area (Å²) in [6, 6.07) is 27.7. The molecule has 2 amide bonds. The van der Waals surface area contributed by atoms with Crippen LogP contribution < -0.4 is 9.62 Å². The summed E-state index contributed by atoms with van der Waals surface area (Å²) >= 11 is 16.4. The molecule has 0 aliphatic heterocycles. The van der Waals surface area contributed by atoms with Gasteiger partial charge in [-0.15, -0.1) is 0 Å². The van der Waals surface area contributed by atoms with Gasteiger partial charge in [-0.1, -0.05) is 93.7 Å². The summed E-state index contributed by atoms with van der Waals surface area (Å²) in [6.45, 7) is -0.703. The quantitative estimate of drug-likeness (QED) is 0.199. The van der Waals surface area contributed by atoms with Crippen LogP contribution in [0.4, 0.5) is 5.69 Å². The number of benzene rings is 4. The number of rotatable bonds is 11. The highest BCUT2D eigenvalue weighted by atomic mass is 79.9. The van der Waals surface area contributed by atoms with Crippen molar-refractivity contribution in [2.24, 2.45) is 0 Å². The van der Waals surface area contributed by atoms with Crippen LogP contribution in [0.25, 0.3) is 0 Å². The maximum atomic E-state index is 14.3. The molecule has 0 spiro atoms. The fourth-order valence-electron chi connectivity index (χ4n) is 4.43. The number of carbonyl (C=O) groups excluding carboxylic acids is 2. The van der Waals surface area contributed by atoms with Crippen molar-refractivity contribution in [3.05, 3.63) is 129 Å². The summed E-state index contributed by atoms with van der Waals surface area (Å²) in [7, 11) is -2.69. The monoisotopic (exact) mass is 687 g/mol. The largest absolute Gasteiger partial charge is 0.357 e. The zero-order chi connectivity index (χ0) is 30.3. The molecule has 4 aromatic carbocycles. The Kier molecular flexibility index (Phi) is 10.7. The fourth-order valence-corrected chi connectivity index (χ4v) is 6.65. The maximum Gasteiger partial charge on any atom is 0.264 e. The van der Waals surface area contributed by atoms with E-state index in [0.717, 1.165) is 14.3 Å². The molecule has 42 heavy (non-hydrogen) atoms. The van der Waals surface area contributed by atoms with E-state index >= 15 is 0 Å². The van der Waals surface area contributed by atoms with Gasteiger partial charge in [0.1, 0.15) is 12.6 Å². The third-order valence-corrected chi connectivity index (χ3v) is 9.66. The second kappa shape index (κ2) is 14.2. The van der Waals surface area contributed by atoms with Gasteiger partial charge in [0.05, 0.1) is 10.6 Å². The molecule has 0 aliphatic carbocycles. The molecule has 4 rings (SSSR count). The number of amides is 2. The van der Waals surface area contributed by atoms with Crippen LogP contribution in [-0.2, 0) is 32.6 Å². The first-order valence-electron chi connectivity index (χ1n) is 12.9. The molecule has 1 unspecified atom stereocenters. The first-order chi connectivity index (χ1) is 20.1. The van der Waals surface area contributed by atoms with Crippen molar-refractivity contribution >= 4 is 66.7 Å². The number of sulfonamides is 1. The third-order valence-electron chi connectivity index (χ3n) is 6.63. The highest BCUT2D eigenvalue weighted by molar-refractivity contribution is 9.10. The first kappa shape index (κ1) is 31.6. The van der Waals surface area contributed by atoms with Crippen molar-refractivity contribution in [1.29, 1.82) is 0 Å². The lowest BCUT2D eigenvalue weighted by molar-refractivity contribution is -0.139. The van der Waals surface area contributed by atoms with E-state index in [1.54, 1.807) is 60.7 Å². The minimum absolute atomic E-state index is 0.0218. The highest BCUT2D eigenvalue weighted by Crippen LogP contribution is 2.29. The van der Waals surface area contributed by atoms with Crippen molar-refractivity contribution in [2.45, 2.75) is 23.9 Å². The van der Waals surface area contributed by atoms with Crippen LogP contribution in [0.3, 0.4) is 0 Å². The van der Waals surface area contributed by atoms with Crippen molar-refractivity contribution < 1.29 is 18.0 Å². The van der Waals surface area contributed by atoms with Crippen LogP contribution in [0, 0.1) is 0 Å². The molecule has 0 radical (unpaired) electrons. The van der Waals surface area contributed by atoms with E-state index in [0.29, 0.717) is 15.6 Å². The van der Waals surface area contributed by atoms with Gasteiger partial charge in [-0.2, -0.15) is 0 Å². The lowest BCUT2D eigenvalue weighted by atomic mass is 10.0. The molecule has 0 bridgehead atoms. The van der Waals surface area contributed by atoms with Crippen LogP contribution >= 0.6 is 39.1 Å². The number of nitrogens with one attached hydrogen (secondary N) is 1. The van der Waals surface area contributed by atoms with Gasteiger partial charge in [0.2, 0.25) is 11.8 Å². The Morgan fingerprint density at radius 1 is 0.833 bits per heavy atom. The van der Waals surface area contributed by atoms with Crippen molar-refractivity contribution in [1.82, 2.24) is 10.2 Å². The van der Waals surface area contributed by atoms with E-state index < -0.39 is 34.4 Å². The molecule has 0 fully saturated rings. The van der Waals surface area contributed by atoms with Gasteiger partial charge in [-0.3, -0.25) is 13.9 Å². The normalized spacial score (nSPS) is 11.9. The van der Waals surface area contributed by atoms with Crippen LogP contribution in [0.5, 0.6) is 0 Å². The molecule has 0 saturated heterocycles. The summed E-state index contributed by atoms with van der Waals surface area (Å²) in [5.41, 5.74) is 1.54. The number of anilines is 1.